The summed E-state index contributed by atoms with van der Waals surface area (Å²) >= 11 is 1.79. The summed E-state index contributed by atoms with van der Waals surface area (Å²) in [6, 6.07) is 16.5. The molecule has 3 atom stereocenters. The monoisotopic (exact) mass is 344 g/mol. The highest BCUT2D eigenvalue weighted by molar-refractivity contribution is 8.00. The van der Waals surface area contributed by atoms with Crippen LogP contribution in [0.1, 0.15) is 36.0 Å². The van der Waals surface area contributed by atoms with Gasteiger partial charge in [-0.15, -0.1) is 0 Å². The van der Waals surface area contributed by atoms with E-state index in [1.165, 1.54) is 11.1 Å². The molecule has 2 aromatic carbocycles. The molecule has 0 saturated carbocycles. The van der Waals surface area contributed by atoms with Gasteiger partial charge in [-0.25, -0.2) is 0 Å². The van der Waals surface area contributed by atoms with E-state index in [2.05, 4.69) is 44.4 Å². The highest BCUT2D eigenvalue weighted by Crippen LogP contribution is 2.46. The zero-order chi connectivity index (χ0) is 17.2. The van der Waals surface area contributed by atoms with Crippen molar-refractivity contribution in [2.45, 2.75) is 31.0 Å². The second kappa shape index (κ2) is 7.18. The van der Waals surface area contributed by atoms with E-state index < -0.39 is 0 Å². The molecule has 128 valence electrons. The van der Waals surface area contributed by atoms with E-state index in [0.29, 0.717) is 6.61 Å². The highest BCUT2D eigenvalue weighted by Gasteiger charge is 2.42. The van der Waals surface area contributed by atoms with E-state index >= 15 is 0 Å². The Balaban J connectivity index is 1.87. The average molecular weight is 344 g/mol. The molecule has 3 rings (SSSR count). The smallest absolute Gasteiger partial charge is 0.184 e. The lowest BCUT2D eigenvalue weighted by Crippen LogP contribution is -2.42. The van der Waals surface area contributed by atoms with Gasteiger partial charge in [-0.1, -0.05) is 42.0 Å². The molecular weight excluding hydrogens is 320 g/mol. The standard InChI is InChI=1S/C20H24O3S/c1-14-5-7-15(8-6-14)18-20(2,24-4)13-22-19(23-18)16-9-11-17(21-3)12-10-16/h5-12,18-19H,13H2,1-4H3/t18-,19+,20-/m1/s1. The lowest BCUT2D eigenvalue weighted by molar-refractivity contribution is -0.232. The molecule has 0 radical (unpaired) electrons. The number of hydrogen-bond acceptors (Lipinski definition) is 4. The molecule has 0 spiro atoms. The topological polar surface area (TPSA) is 27.7 Å². The fraction of sp³-hybridized carbons (Fsp3) is 0.400. The van der Waals surface area contributed by atoms with Gasteiger partial charge in [0.05, 0.1) is 18.5 Å². The van der Waals surface area contributed by atoms with E-state index in [-0.39, 0.29) is 17.1 Å². The molecule has 0 bridgehead atoms. The van der Waals surface area contributed by atoms with Crippen LogP contribution < -0.4 is 4.74 Å². The van der Waals surface area contributed by atoms with Gasteiger partial charge in [-0.2, -0.15) is 11.8 Å². The van der Waals surface area contributed by atoms with Gasteiger partial charge in [0.2, 0.25) is 0 Å². The van der Waals surface area contributed by atoms with Crippen molar-refractivity contribution in [3.8, 4) is 5.75 Å². The molecule has 1 heterocycles. The van der Waals surface area contributed by atoms with E-state index in [0.717, 1.165) is 11.3 Å². The van der Waals surface area contributed by atoms with Crippen molar-refractivity contribution < 1.29 is 14.2 Å². The molecule has 0 aromatic heterocycles. The fourth-order valence-electron chi connectivity index (χ4n) is 2.90. The average Bonchev–Trinajstić information content (AvgIpc) is 2.63. The Bertz CT molecular complexity index is 668. The first-order valence-electron chi connectivity index (χ1n) is 8.08. The minimum atomic E-state index is -0.359. The number of thioether (sulfide) groups is 1. The summed E-state index contributed by atoms with van der Waals surface area (Å²) in [5.74, 6) is 0.832. The Hall–Kier alpha value is -1.49. The van der Waals surface area contributed by atoms with Gasteiger partial charge in [-0.05, 0) is 37.8 Å². The minimum absolute atomic E-state index is 0.0195. The molecule has 0 N–H and O–H groups in total. The van der Waals surface area contributed by atoms with Gasteiger partial charge < -0.3 is 14.2 Å². The number of benzene rings is 2. The SMILES string of the molecule is COc1ccc([C@H]2OC[C@@](C)(SC)[C@@H](c3ccc(C)cc3)O2)cc1. The first kappa shape index (κ1) is 17.3. The lowest BCUT2D eigenvalue weighted by Gasteiger charge is -2.43. The fourth-order valence-corrected chi connectivity index (χ4v) is 3.49. The van der Waals surface area contributed by atoms with Gasteiger partial charge in [0.1, 0.15) is 11.9 Å². The molecule has 1 aliphatic rings. The molecular formula is C20H24O3S. The minimum Gasteiger partial charge on any atom is -0.497 e. The van der Waals surface area contributed by atoms with Gasteiger partial charge >= 0.3 is 0 Å². The Labute approximate surface area is 148 Å². The van der Waals surface area contributed by atoms with Crippen LogP contribution in [-0.2, 0) is 9.47 Å². The van der Waals surface area contributed by atoms with Crippen LogP contribution in [0.15, 0.2) is 48.5 Å². The zero-order valence-corrected chi connectivity index (χ0v) is 15.4. The van der Waals surface area contributed by atoms with E-state index in [1.54, 1.807) is 18.9 Å². The second-order valence-electron chi connectivity index (χ2n) is 6.36. The number of methoxy groups -OCH3 is 1. The predicted octanol–water partition coefficient (Wildman–Crippen LogP) is 4.91. The molecule has 3 nitrogen and oxygen atoms in total. The van der Waals surface area contributed by atoms with E-state index in [1.807, 2.05) is 24.3 Å². The van der Waals surface area contributed by atoms with Crippen molar-refractivity contribution in [1.82, 2.24) is 0 Å². The highest BCUT2D eigenvalue weighted by atomic mass is 32.2. The molecule has 4 heteroatoms. The van der Waals surface area contributed by atoms with Gasteiger partial charge in [-0.3, -0.25) is 0 Å². The largest absolute Gasteiger partial charge is 0.497 e. The molecule has 1 aliphatic heterocycles. The maximum Gasteiger partial charge on any atom is 0.184 e. The quantitative estimate of drug-likeness (QED) is 0.787. The van der Waals surface area contributed by atoms with Crippen LogP contribution in [0.4, 0.5) is 0 Å². The lowest BCUT2D eigenvalue weighted by atomic mass is 9.95. The molecule has 1 fully saturated rings. The molecule has 0 amide bonds. The number of aryl methyl sites for hydroxylation is 1. The van der Waals surface area contributed by atoms with Crippen molar-refractivity contribution in [2.75, 3.05) is 20.0 Å². The Morgan fingerprint density at radius 3 is 2.25 bits per heavy atom. The normalized spacial score (nSPS) is 27.0. The van der Waals surface area contributed by atoms with Crippen molar-refractivity contribution >= 4 is 11.8 Å². The van der Waals surface area contributed by atoms with Crippen molar-refractivity contribution in [3.05, 3.63) is 65.2 Å². The zero-order valence-electron chi connectivity index (χ0n) is 14.6. The van der Waals surface area contributed by atoms with Crippen LogP contribution in [0.5, 0.6) is 5.75 Å². The molecule has 0 aliphatic carbocycles. The van der Waals surface area contributed by atoms with E-state index in [9.17, 15) is 0 Å². The first-order valence-corrected chi connectivity index (χ1v) is 9.31. The van der Waals surface area contributed by atoms with Gasteiger partial charge in [0.25, 0.3) is 0 Å². The summed E-state index contributed by atoms with van der Waals surface area (Å²) in [6.45, 7) is 4.94. The maximum atomic E-state index is 6.39. The third-order valence-electron chi connectivity index (χ3n) is 4.57. The summed E-state index contributed by atoms with van der Waals surface area (Å²) in [5, 5.41) is 0. The van der Waals surface area contributed by atoms with Crippen molar-refractivity contribution in [2.24, 2.45) is 0 Å². The summed E-state index contributed by atoms with van der Waals surface area (Å²) in [7, 11) is 1.67. The molecule has 2 aromatic rings. The Morgan fingerprint density at radius 1 is 1.04 bits per heavy atom. The molecule has 24 heavy (non-hydrogen) atoms. The summed E-state index contributed by atoms with van der Waals surface area (Å²) in [5.41, 5.74) is 3.46. The Kier molecular flexibility index (Phi) is 5.18. The molecule has 0 unspecified atom stereocenters. The molecule has 1 saturated heterocycles. The second-order valence-corrected chi connectivity index (χ2v) is 7.70. The third-order valence-corrected chi connectivity index (χ3v) is 5.83. The van der Waals surface area contributed by atoms with Crippen LogP contribution in [0.2, 0.25) is 0 Å². The summed E-state index contributed by atoms with van der Waals surface area (Å²) in [6.07, 6.45) is 1.73. The van der Waals surface area contributed by atoms with Crippen LogP contribution in [0, 0.1) is 6.92 Å². The first-order chi connectivity index (χ1) is 11.6. The maximum absolute atomic E-state index is 6.39. The summed E-state index contributed by atoms with van der Waals surface area (Å²) in [4.78, 5) is 0. The third kappa shape index (κ3) is 3.46. The van der Waals surface area contributed by atoms with Crippen LogP contribution >= 0.6 is 11.8 Å². The summed E-state index contributed by atoms with van der Waals surface area (Å²) < 4.78 is 17.5. The van der Waals surface area contributed by atoms with Crippen molar-refractivity contribution in [3.63, 3.8) is 0 Å². The van der Waals surface area contributed by atoms with E-state index in [4.69, 9.17) is 14.2 Å². The van der Waals surface area contributed by atoms with Gasteiger partial charge in [0.15, 0.2) is 6.29 Å². The number of hydrogen-bond donors (Lipinski definition) is 0. The predicted molar refractivity (Wildman–Crippen MR) is 98.6 cm³/mol. The Morgan fingerprint density at radius 2 is 1.67 bits per heavy atom. The number of rotatable bonds is 4. The number of ether oxygens (including phenoxy) is 3. The van der Waals surface area contributed by atoms with Crippen LogP contribution in [0.3, 0.4) is 0 Å². The van der Waals surface area contributed by atoms with Crippen molar-refractivity contribution in [1.29, 1.82) is 0 Å². The van der Waals surface area contributed by atoms with Crippen LogP contribution in [-0.4, -0.2) is 24.7 Å². The van der Waals surface area contributed by atoms with Gasteiger partial charge in [0, 0.05) is 5.56 Å². The van der Waals surface area contributed by atoms with Crippen LogP contribution in [0.25, 0.3) is 0 Å².